The van der Waals surface area contributed by atoms with Gasteiger partial charge in [-0.05, 0) is 31.6 Å². The van der Waals surface area contributed by atoms with Crippen LogP contribution < -0.4 is 0 Å². The summed E-state index contributed by atoms with van der Waals surface area (Å²) in [5.41, 5.74) is 0. The molecule has 0 heterocycles. The molecule has 3 unspecified atom stereocenters. The first-order chi connectivity index (χ1) is 46.6. The van der Waals surface area contributed by atoms with Crippen molar-refractivity contribution >= 4 is 39.5 Å². The molecule has 0 aromatic rings. The molecule has 0 saturated carbocycles. The Balaban J connectivity index is 5.14. The lowest BCUT2D eigenvalue weighted by Gasteiger charge is -2.21. The Bertz CT molecular complexity index is 1840. The van der Waals surface area contributed by atoms with Crippen molar-refractivity contribution in [1.82, 2.24) is 0 Å². The highest BCUT2D eigenvalue weighted by Gasteiger charge is 2.30. The van der Waals surface area contributed by atoms with E-state index in [1.54, 1.807) is 0 Å². The Morgan fingerprint density at radius 3 is 0.740 bits per heavy atom. The average Bonchev–Trinajstić information content (AvgIpc) is 1.78. The summed E-state index contributed by atoms with van der Waals surface area (Å²) in [6, 6.07) is 0. The maximum atomic E-state index is 13.1. The largest absolute Gasteiger partial charge is 0.472 e. The minimum atomic E-state index is -4.96. The van der Waals surface area contributed by atoms with Gasteiger partial charge in [0.2, 0.25) is 0 Å². The standard InChI is InChI=1S/C77H150O17P2/c1-6-10-13-16-18-20-22-24-26-28-30-32-34-36-38-43-47-52-57-62-77(82)94-73(67-88-75(80)61-56-51-46-42-37-35-33-31-29-27-25-23-21-19-17-14-11-7-2)69-92-96(85,86)90-65-71(78)64-89-95(83,84)91-68-72(66-87-74(79)60-55-49-15-12-8-3)93-76(81)63-58-53-48-44-40-39-41-45-50-54-59-70(5)9-4/h70-73,78H,6-69H2,1-5H3,(H,83,84)(H,85,86)/t70?,71-,72+,73+/m0/s1. The molecule has 96 heavy (non-hydrogen) atoms. The van der Waals surface area contributed by atoms with Gasteiger partial charge in [-0.2, -0.15) is 0 Å². The second kappa shape index (κ2) is 70.1. The number of carbonyl (C=O) groups is 4. The Kier molecular flexibility index (Phi) is 68.7. The number of ether oxygens (including phenoxy) is 4. The van der Waals surface area contributed by atoms with Crippen molar-refractivity contribution in [2.75, 3.05) is 39.6 Å². The fourth-order valence-corrected chi connectivity index (χ4v) is 13.4. The second-order valence-electron chi connectivity index (χ2n) is 28.0. The van der Waals surface area contributed by atoms with Crippen molar-refractivity contribution < 1.29 is 80.2 Å². The topological polar surface area (TPSA) is 237 Å². The summed E-state index contributed by atoms with van der Waals surface area (Å²) in [6.45, 7) is 7.23. The van der Waals surface area contributed by atoms with Crippen LogP contribution in [0.4, 0.5) is 0 Å². The van der Waals surface area contributed by atoms with Gasteiger partial charge >= 0.3 is 39.5 Å². The Morgan fingerprint density at radius 1 is 0.292 bits per heavy atom. The van der Waals surface area contributed by atoms with Crippen LogP contribution in [0.3, 0.4) is 0 Å². The first kappa shape index (κ1) is 94.1. The van der Waals surface area contributed by atoms with Crippen LogP contribution in [0.5, 0.6) is 0 Å². The van der Waals surface area contributed by atoms with Gasteiger partial charge in [-0.15, -0.1) is 0 Å². The van der Waals surface area contributed by atoms with Crippen molar-refractivity contribution in [2.24, 2.45) is 5.92 Å². The molecule has 0 spiro atoms. The molecule has 0 rings (SSSR count). The van der Waals surface area contributed by atoms with Crippen molar-refractivity contribution in [2.45, 2.75) is 425 Å². The number of esters is 4. The van der Waals surface area contributed by atoms with Crippen molar-refractivity contribution in [3.8, 4) is 0 Å². The lowest BCUT2D eigenvalue weighted by Crippen LogP contribution is -2.30. The molecular formula is C77H150O17P2. The average molecular weight is 1410 g/mol. The Morgan fingerprint density at radius 2 is 0.500 bits per heavy atom. The molecule has 0 aromatic carbocycles. The summed E-state index contributed by atoms with van der Waals surface area (Å²) in [7, 11) is -9.90. The number of hydrogen-bond donors (Lipinski definition) is 3. The molecule has 570 valence electrons. The number of carbonyl (C=O) groups excluding carboxylic acids is 4. The van der Waals surface area contributed by atoms with E-state index in [1.807, 2.05) is 0 Å². The van der Waals surface area contributed by atoms with Crippen LogP contribution in [0.15, 0.2) is 0 Å². The zero-order valence-corrected chi connectivity index (χ0v) is 64.3. The quantitative estimate of drug-likeness (QED) is 0.0222. The Hall–Kier alpha value is -1.94. The number of aliphatic hydroxyl groups is 1. The number of unbranched alkanes of at least 4 members (excludes halogenated alkanes) is 48. The minimum Gasteiger partial charge on any atom is -0.462 e. The van der Waals surface area contributed by atoms with Crippen LogP contribution in [0.1, 0.15) is 407 Å². The fourth-order valence-electron chi connectivity index (χ4n) is 11.8. The third kappa shape index (κ3) is 69.2. The minimum absolute atomic E-state index is 0.106. The van der Waals surface area contributed by atoms with E-state index in [2.05, 4.69) is 34.6 Å². The van der Waals surface area contributed by atoms with Gasteiger partial charge in [0, 0.05) is 25.7 Å². The van der Waals surface area contributed by atoms with Crippen molar-refractivity contribution in [3.63, 3.8) is 0 Å². The Labute approximate surface area is 588 Å². The van der Waals surface area contributed by atoms with Crippen LogP contribution in [0.25, 0.3) is 0 Å². The zero-order valence-electron chi connectivity index (χ0n) is 62.5. The summed E-state index contributed by atoms with van der Waals surface area (Å²) in [4.78, 5) is 72.6. The highest BCUT2D eigenvalue weighted by atomic mass is 31.2. The van der Waals surface area contributed by atoms with Crippen LogP contribution in [-0.2, 0) is 65.4 Å². The number of aliphatic hydroxyl groups excluding tert-OH is 1. The van der Waals surface area contributed by atoms with E-state index in [-0.39, 0.29) is 25.7 Å². The maximum Gasteiger partial charge on any atom is 0.472 e. The van der Waals surface area contributed by atoms with Gasteiger partial charge in [-0.25, -0.2) is 9.13 Å². The third-order valence-electron chi connectivity index (χ3n) is 18.4. The number of hydrogen-bond acceptors (Lipinski definition) is 15. The summed E-state index contributed by atoms with van der Waals surface area (Å²) in [5.74, 6) is -1.32. The van der Waals surface area contributed by atoms with Crippen LogP contribution in [-0.4, -0.2) is 96.7 Å². The van der Waals surface area contributed by atoms with E-state index in [1.165, 1.54) is 225 Å². The van der Waals surface area contributed by atoms with E-state index >= 15 is 0 Å². The molecule has 0 bridgehead atoms. The molecule has 3 N–H and O–H groups in total. The van der Waals surface area contributed by atoms with Crippen LogP contribution >= 0.6 is 15.6 Å². The number of phosphoric acid groups is 2. The lowest BCUT2D eigenvalue weighted by molar-refractivity contribution is -0.161. The predicted molar refractivity (Wildman–Crippen MR) is 391 cm³/mol. The van der Waals surface area contributed by atoms with Crippen molar-refractivity contribution in [1.29, 1.82) is 0 Å². The second-order valence-corrected chi connectivity index (χ2v) is 30.9. The fraction of sp³-hybridized carbons (Fsp3) is 0.948. The first-order valence-electron chi connectivity index (χ1n) is 40.2. The predicted octanol–water partition coefficient (Wildman–Crippen LogP) is 22.9. The highest BCUT2D eigenvalue weighted by molar-refractivity contribution is 7.47. The van der Waals surface area contributed by atoms with E-state index in [0.717, 1.165) is 102 Å². The molecule has 0 aliphatic carbocycles. The summed E-state index contributed by atoms with van der Waals surface area (Å²) in [5, 5.41) is 10.6. The normalized spacial score (nSPS) is 14.2. The molecule has 0 saturated heterocycles. The monoisotopic (exact) mass is 1410 g/mol. The molecule has 0 aromatic heterocycles. The first-order valence-corrected chi connectivity index (χ1v) is 43.2. The lowest BCUT2D eigenvalue weighted by atomic mass is 9.99. The van der Waals surface area contributed by atoms with E-state index < -0.39 is 97.5 Å². The summed E-state index contributed by atoms with van der Waals surface area (Å²) >= 11 is 0. The van der Waals surface area contributed by atoms with Gasteiger partial charge in [0.15, 0.2) is 12.2 Å². The number of rotatable bonds is 77. The molecule has 0 amide bonds. The molecule has 0 fully saturated rings. The van der Waals surface area contributed by atoms with E-state index in [4.69, 9.17) is 37.0 Å². The summed E-state index contributed by atoms with van der Waals surface area (Å²) in [6.07, 6.45) is 60.1. The van der Waals surface area contributed by atoms with Gasteiger partial charge in [-0.3, -0.25) is 37.3 Å². The maximum absolute atomic E-state index is 13.1. The molecule has 0 aliphatic heterocycles. The molecule has 17 nitrogen and oxygen atoms in total. The summed E-state index contributed by atoms with van der Waals surface area (Å²) < 4.78 is 68.4. The van der Waals surface area contributed by atoms with Crippen LogP contribution in [0.2, 0.25) is 0 Å². The van der Waals surface area contributed by atoms with Gasteiger partial charge in [0.25, 0.3) is 0 Å². The zero-order chi connectivity index (χ0) is 70.5. The van der Waals surface area contributed by atoms with Gasteiger partial charge in [-0.1, -0.05) is 356 Å². The van der Waals surface area contributed by atoms with E-state index in [9.17, 15) is 43.2 Å². The molecule has 6 atom stereocenters. The van der Waals surface area contributed by atoms with Crippen LogP contribution in [0, 0.1) is 5.92 Å². The SMILES string of the molecule is CCCCCCCCCCCCCCCCCCCCCC(=O)O[C@H](COC(=O)CCCCCCCCCCCCCCCCCCCC)COP(=O)(O)OC[C@@H](O)COP(=O)(O)OC[C@@H](COC(=O)CCCCCCC)OC(=O)CCCCCCCCCCCCC(C)CC. The van der Waals surface area contributed by atoms with Gasteiger partial charge in [0.1, 0.15) is 19.3 Å². The third-order valence-corrected chi connectivity index (χ3v) is 20.3. The smallest absolute Gasteiger partial charge is 0.462 e. The van der Waals surface area contributed by atoms with E-state index in [0.29, 0.717) is 25.7 Å². The highest BCUT2D eigenvalue weighted by Crippen LogP contribution is 2.45. The molecule has 0 radical (unpaired) electrons. The molecular weight excluding hydrogens is 1260 g/mol. The molecule has 0 aliphatic rings. The molecule has 19 heteroatoms. The van der Waals surface area contributed by atoms with Gasteiger partial charge < -0.3 is 33.8 Å². The number of phosphoric ester groups is 2. The van der Waals surface area contributed by atoms with Crippen molar-refractivity contribution in [3.05, 3.63) is 0 Å². The van der Waals surface area contributed by atoms with Gasteiger partial charge in [0.05, 0.1) is 26.4 Å².